The van der Waals surface area contributed by atoms with Crippen LogP contribution in [0, 0.1) is 6.92 Å². The van der Waals surface area contributed by atoms with Gasteiger partial charge in [0.2, 0.25) is 5.95 Å². The Kier molecular flexibility index (Phi) is 5.99. The third-order valence-corrected chi connectivity index (χ3v) is 4.02. The Morgan fingerprint density at radius 2 is 2.05 bits per heavy atom. The monoisotopic (exact) mass is 348 g/mol. The highest BCUT2D eigenvalue weighted by atomic mass is 79.9. The Morgan fingerprint density at radius 3 is 2.81 bits per heavy atom. The molecule has 1 aromatic carbocycles. The van der Waals surface area contributed by atoms with Gasteiger partial charge in [0, 0.05) is 22.9 Å². The summed E-state index contributed by atoms with van der Waals surface area (Å²) in [6.45, 7) is 5.21. The van der Waals surface area contributed by atoms with E-state index < -0.39 is 0 Å². The van der Waals surface area contributed by atoms with E-state index in [2.05, 4.69) is 56.4 Å². The maximum Gasteiger partial charge on any atom is 0.229 e. The highest BCUT2D eigenvalue weighted by Gasteiger charge is 2.02. The first-order chi connectivity index (χ1) is 10.2. The number of aromatic nitrogens is 2. The zero-order valence-electron chi connectivity index (χ0n) is 12.5. The number of unbranched alkanes of at least 4 members (excludes halogenated alkanes) is 2. The lowest BCUT2D eigenvalue weighted by Gasteiger charge is -2.09. The average Bonchev–Trinajstić information content (AvgIpc) is 2.48. The number of rotatable bonds is 7. The number of nitrogens with zero attached hydrogens (tertiary/aromatic N) is 2. The highest BCUT2D eigenvalue weighted by molar-refractivity contribution is 9.10. The SMILES string of the molecule is CCCCCNc1ccnc(Nc2ccc(C)c(Br)c2)n1. The lowest BCUT2D eigenvalue weighted by molar-refractivity contribution is 0.742. The standard InChI is InChI=1S/C16H21BrN4/c1-3-4-5-9-18-15-8-10-19-16(21-15)20-13-7-6-12(2)14(17)11-13/h6-8,10-11H,3-5,9H2,1-2H3,(H2,18,19,20,21). The van der Waals surface area contributed by atoms with Crippen LogP contribution in [0.3, 0.4) is 0 Å². The van der Waals surface area contributed by atoms with Gasteiger partial charge >= 0.3 is 0 Å². The normalized spacial score (nSPS) is 10.4. The number of anilines is 3. The number of nitrogens with one attached hydrogen (secondary N) is 2. The van der Waals surface area contributed by atoms with Crippen LogP contribution in [0.25, 0.3) is 0 Å². The van der Waals surface area contributed by atoms with Crippen molar-refractivity contribution in [2.75, 3.05) is 17.2 Å². The van der Waals surface area contributed by atoms with Crippen molar-refractivity contribution in [2.24, 2.45) is 0 Å². The summed E-state index contributed by atoms with van der Waals surface area (Å²) in [5, 5.41) is 6.55. The van der Waals surface area contributed by atoms with Gasteiger partial charge in [0.05, 0.1) is 0 Å². The van der Waals surface area contributed by atoms with E-state index in [0.29, 0.717) is 5.95 Å². The zero-order chi connectivity index (χ0) is 15.1. The second-order valence-electron chi connectivity index (χ2n) is 4.99. The topological polar surface area (TPSA) is 49.8 Å². The molecule has 112 valence electrons. The summed E-state index contributed by atoms with van der Waals surface area (Å²) in [5.74, 6) is 1.46. The van der Waals surface area contributed by atoms with Gasteiger partial charge in [-0.05, 0) is 37.1 Å². The lowest BCUT2D eigenvalue weighted by atomic mass is 10.2. The summed E-state index contributed by atoms with van der Waals surface area (Å²) >= 11 is 3.53. The highest BCUT2D eigenvalue weighted by Crippen LogP contribution is 2.22. The fraction of sp³-hybridized carbons (Fsp3) is 0.375. The maximum absolute atomic E-state index is 4.47. The summed E-state index contributed by atoms with van der Waals surface area (Å²) in [6.07, 6.45) is 5.38. The number of halogens is 1. The van der Waals surface area contributed by atoms with E-state index in [0.717, 1.165) is 28.9 Å². The Morgan fingerprint density at radius 1 is 1.19 bits per heavy atom. The molecule has 0 unspecified atom stereocenters. The smallest absolute Gasteiger partial charge is 0.229 e. The summed E-state index contributed by atoms with van der Waals surface area (Å²) in [4.78, 5) is 8.72. The zero-order valence-corrected chi connectivity index (χ0v) is 14.1. The molecule has 1 aromatic heterocycles. The largest absolute Gasteiger partial charge is 0.370 e. The molecule has 0 fully saturated rings. The van der Waals surface area contributed by atoms with Crippen LogP contribution in [0.2, 0.25) is 0 Å². The van der Waals surface area contributed by atoms with Gasteiger partial charge in [-0.15, -0.1) is 0 Å². The van der Waals surface area contributed by atoms with Crippen molar-refractivity contribution in [2.45, 2.75) is 33.1 Å². The van der Waals surface area contributed by atoms with Crippen molar-refractivity contribution in [1.82, 2.24) is 9.97 Å². The molecule has 5 heteroatoms. The van der Waals surface area contributed by atoms with Gasteiger partial charge in [-0.25, -0.2) is 4.98 Å². The second-order valence-corrected chi connectivity index (χ2v) is 5.84. The van der Waals surface area contributed by atoms with Crippen LogP contribution in [-0.4, -0.2) is 16.5 Å². The van der Waals surface area contributed by atoms with Gasteiger partial charge in [0.1, 0.15) is 5.82 Å². The van der Waals surface area contributed by atoms with E-state index in [-0.39, 0.29) is 0 Å². The fourth-order valence-corrected chi connectivity index (χ4v) is 2.29. The number of aryl methyl sites for hydroxylation is 1. The first kappa shape index (κ1) is 15.8. The van der Waals surface area contributed by atoms with E-state index >= 15 is 0 Å². The van der Waals surface area contributed by atoms with E-state index in [1.165, 1.54) is 18.4 Å². The quantitative estimate of drug-likeness (QED) is 0.699. The molecule has 1 heterocycles. The van der Waals surface area contributed by atoms with E-state index in [4.69, 9.17) is 0 Å². The molecular weight excluding hydrogens is 328 g/mol. The molecule has 0 spiro atoms. The molecule has 21 heavy (non-hydrogen) atoms. The van der Waals surface area contributed by atoms with Gasteiger partial charge in [0.15, 0.2) is 0 Å². The predicted octanol–water partition coefficient (Wildman–Crippen LogP) is 4.89. The van der Waals surface area contributed by atoms with Crippen molar-refractivity contribution in [3.63, 3.8) is 0 Å². The Hall–Kier alpha value is -1.62. The lowest BCUT2D eigenvalue weighted by Crippen LogP contribution is -2.05. The van der Waals surface area contributed by atoms with Crippen molar-refractivity contribution in [1.29, 1.82) is 0 Å². The van der Waals surface area contributed by atoms with Crippen molar-refractivity contribution in [3.8, 4) is 0 Å². The van der Waals surface area contributed by atoms with Crippen LogP contribution >= 0.6 is 15.9 Å². The third-order valence-electron chi connectivity index (χ3n) is 3.17. The van der Waals surface area contributed by atoms with Crippen molar-refractivity contribution >= 4 is 33.4 Å². The number of benzene rings is 1. The summed E-state index contributed by atoms with van der Waals surface area (Å²) in [5.41, 5.74) is 2.17. The fourth-order valence-electron chi connectivity index (χ4n) is 1.91. The molecular formula is C16H21BrN4. The van der Waals surface area contributed by atoms with Crippen LogP contribution < -0.4 is 10.6 Å². The molecule has 0 atom stereocenters. The Bertz CT molecular complexity index is 586. The molecule has 2 rings (SSSR count). The van der Waals surface area contributed by atoms with E-state index in [1.807, 2.05) is 18.2 Å². The number of hydrogen-bond acceptors (Lipinski definition) is 4. The molecule has 0 amide bonds. The molecule has 4 nitrogen and oxygen atoms in total. The number of hydrogen-bond donors (Lipinski definition) is 2. The first-order valence-electron chi connectivity index (χ1n) is 7.29. The summed E-state index contributed by atoms with van der Waals surface area (Å²) < 4.78 is 1.07. The summed E-state index contributed by atoms with van der Waals surface area (Å²) in [6, 6.07) is 7.99. The molecule has 0 aliphatic rings. The molecule has 2 N–H and O–H groups in total. The van der Waals surface area contributed by atoms with Crippen LogP contribution in [0.5, 0.6) is 0 Å². The van der Waals surface area contributed by atoms with Gasteiger partial charge < -0.3 is 10.6 Å². The van der Waals surface area contributed by atoms with Crippen LogP contribution in [0.4, 0.5) is 17.5 Å². The van der Waals surface area contributed by atoms with Crippen LogP contribution in [0.1, 0.15) is 31.7 Å². The molecule has 0 bridgehead atoms. The predicted molar refractivity (Wildman–Crippen MR) is 92.2 cm³/mol. The molecule has 0 aliphatic heterocycles. The Balaban J connectivity index is 1.98. The molecule has 0 saturated heterocycles. The first-order valence-corrected chi connectivity index (χ1v) is 8.08. The Labute approximate surface area is 134 Å². The van der Waals surface area contributed by atoms with Crippen molar-refractivity contribution < 1.29 is 0 Å². The summed E-state index contributed by atoms with van der Waals surface area (Å²) in [7, 11) is 0. The molecule has 2 aromatic rings. The third kappa shape index (κ3) is 5.01. The van der Waals surface area contributed by atoms with Gasteiger partial charge in [-0.3, -0.25) is 0 Å². The van der Waals surface area contributed by atoms with Gasteiger partial charge in [-0.2, -0.15) is 4.98 Å². The van der Waals surface area contributed by atoms with Crippen LogP contribution in [0.15, 0.2) is 34.9 Å². The molecule has 0 aliphatic carbocycles. The van der Waals surface area contributed by atoms with Gasteiger partial charge in [0.25, 0.3) is 0 Å². The van der Waals surface area contributed by atoms with E-state index in [9.17, 15) is 0 Å². The maximum atomic E-state index is 4.47. The van der Waals surface area contributed by atoms with Crippen LogP contribution in [-0.2, 0) is 0 Å². The van der Waals surface area contributed by atoms with Gasteiger partial charge in [-0.1, -0.05) is 41.8 Å². The van der Waals surface area contributed by atoms with Crippen molar-refractivity contribution in [3.05, 3.63) is 40.5 Å². The second kappa shape index (κ2) is 7.98. The molecule has 0 saturated carbocycles. The minimum atomic E-state index is 0.603. The minimum Gasteiger partial charge on any atom is -0.370 e. The van der Waals surface area contributed by atoms with E-state index in [1.54, 1.807) is 6.20 Å². The average molecular weight is 349 g/mol. The minimum absolute atomic E-state index is 0.603. The molecule has 0 radical (unpaired) electrons.